The number of halogens is 1. The first-order valence-electron chi connectivity index (χ1n) is 4.93. The van der Waals surface area contributed by atoms with Crippen LogP contribution in [0.1, 0.15) is 26.3 Å². The summed E-state index contributed by atoms with van der Waals surface area (Å²) in [7, 11) is 0. The van der Waals surface area contributed by atoms with Gasteiger partial charge < -0.3 is 9.84 Å². The molecule has 0 heterocycles. The Bertz CT molecular complexity index is 329. The second-order valence-electron chi connectivity index (χ2n) is 4.75. The van der Waals surface area contributed by atoms with E-state index in [0.29, 0.717) is 5.75 Å². The SMILES string of the molecule is CC(C)(C)Cc1cccc(OCCl)c1O. The molecule has 0 atom stereocenters. The van der Waals surface area contributed by atoms with Gasteiger partial charge in [-0.3, -0.25) is 0 Å². The van der Waals surface area contributed by atoms with E-state index in [1.54, 1.807) is 6.07 Å². The summed E-state index contributed by atoms with van der Waals surface area (Å²) in [5.74, 6) is 0.653. The van der Waals surface area contributed by atoms with Gasteiger partial charge in [0.15, 0.2) is 17.6 Å². The highest BCUT2D eigenvalue weighted by molar-refractivity contribution is 6.17. The van der Waals surface area contributed by atoms with Crippen molar-refractivity contribution >= 4 is 11.6 Å². The Morgan fingerprint density at radius 3 is 2.53 bits per heavy atom. The minimum absolute atomic E-state index is 0.0481. The summed E-state index contributed by atoms with van der Waals surface area (Å²) in [6.45, 7) is 6.38. The van der Waals surface area contributed by atoms with E-state index in [1.165, 1.54) is 0 Å². The van der Waals surface area contributed by atoms with E-state index in [0.717, 1.165) is 12.0 Å². The van der Waals surface area contributed by atoms with Gasteiger partial charge in [-0.1, -0.05) is 44.5 Å². The van der Waals surface area contributed by atoms with Crippen molar-refractivity contribution in [3.05, 3.63) is 23.8 Å². The molecule has 0 bridgehead atoms. The fourth-order valence-electron chi connectivity index (χ4n) is 1.46. The monoisotopic (exact) mass is 228 g/mol. The van der Waals surface area contributed by atoms with E-state index in [2.05, 4.69) is 20.8 Å². The van der Waals surface area contributed by atoms with Crippen LogP contribution >= 0.6 is 11.6 Å². The Labute approximate surface area is 95.8 Å². The molecule has 1 N–H and O–H groups in total. The Balaban J connectivity index is 2.94. The van der Waals surface area contributed by atoms with Crippen LogP contribution in [-0.4, -0.2) is 11.2 Å². The molecule has 0 saturated carbocycles. The molecule has 0 radical (unpaired) electrons. The number of rotatable bonds is 3. The molecule has 0 aliphatic rings. The van der Waals surface area contributed by atoms with Crippen LogP contribution in [-0.2, 0) is 6.42 Å². The third-order valence-corrected chi connectivity index (χ3v) is 2.12. The summed E-state index contributed by atoms with van der Waals surface area (Å²) >= 11 is 5.46. The van der Waals surface area contributed by atoms with Crippen LogP contribution in [0, 0.1) is 5.41 Å². The predicted molar refractivity (Wildman–Crippen MR) is 62.6 cm³/mol. The highest BCUT2D eigenvalue weighted by Crippen LogP contribution is 2.33. The number of benzene rings is 1. The molecule has 0 fully saturated rings. The minimum atomic E-state index is 0.0481. The first-order chi connectivity index (χ1) is 6.94. The molecule has 0 amide bonds. The molecular formula is C12H17ClO2. The maximum atomic E-state index is 9.90. The van der Waals surface area contributed by atoms with Crippen molar-refractivity contribution < 1.29 is 9.84 Å². The van der Waals surface area contributed by atoms with Crippen molar-refractivity contribution in [1.29, 1.82) is 0 Å². The smallest absolute Gasteiger partial charge is 0.163 e. The zero-order valence-electron chi connectivity index (χ0n) is 9.38. The van der Waals surface area contributed by atoms with E-state index < -0.39 is 0 Å². The number of aromatic hydroxyl groups is 1. The lowest BCUT2D eigenvalue weighted by molar-refractivity contribution is 0.345. The number of phenols is 1. The number of hydrogen-bond acceptors (Lipinski definition) is 2. The number of hydrogen-bond donors (Lipinski definition) is 1. The average Bonchev–Trinajstić information content (AvgIpc) is 2.10. The summed E-state index contributed by atoms with van der Waals surface area (Å²) in [4.78, 5) is 0. The van der Waals surface area contributed by atoms with Gasteiger partial charge in [-0.15, -0.1) is 0 Å². The molecule has 1 rings (SSSR count). The van der Waals surface area contributed by atoms with Crippen LogP contribution in [0.3, 0.4) is 0 Å². The molecule has 0 spiro atoms. The third kappa shape index (κ3) is 3.63. The van der Waals surface area contributed by atoms with Crippen molar-refractivity contribution in [2.75, 3.05) is 6.07 Å². The van der Waals surface area contributed by atoms with Gasteiger partial charge in [0, 0.05) is 0 Å². The Morgan fingerprint density at radius 2 is 2.00 bits per heavy atom. The Hall–Kier alpha value is -0.890. The topological polar surface area (TPSA) is 29.5 Å². The highest BCUT2D eigenvalue weighted by atomic mass is 35.5. The molecule has 0 aliphatic heterocycles. The fourth-order valence-corrected chi connectivity index (χ4v) is 1.57. The second kappa shape index (κ2) is 4.75. The number of phenolic OH excluding ortho intramolecular Hbond substituents is 1. The van der Waals surface area contributed by atoms with E-state index in [-0.39, 0.29) is 17.2 Å². The molecule has 2 nitrogen and oxygen atoms in total. The van der Waals surface area contributed by atoms with Gasteiger partial charge in [0.05, 0.1) is 0 Å². The Morgan fingerprint density at radius 1 is 1.33 bits per heavy atom. The van der Waals surface area contributed by atoms with Crippen molar-refractivity contribution in [1.82, 2.24) is 0 Å². The number of alkyl halides is 1. The molecule has 0 saturated heterocycles. The predicted octanol–water partition coefficient (Wildman–Crippen LogP) is 3.56. The molecule has 1 aromatic rings. The standard InChI is InChI=1S/C12H17ClO2/c1-12(2,3)7-9-5-4-6-10(11(9)14)15-8-13/h4-6,14H,7-8H2,1-3H3. The van der Waals surface area contributed by atoms with Crippen LogP contribution in [0.15, 0.2) is 18.2 Å². The number of ether oxygens (including phenoxy) is 1. The van der Waals surface area contributed by atoms with E-state index in [9.17, 15) is 5.11 Å². The maximum Gasteiger partial charge on any atom is 0.163 e. The first-order valence-corrected chi connectivity index (χ1v) is 5.47. The van der Waals surface area contributed by atoms with Gasteiger partial charge >= 0.3 is 0 Å². The van der Waals surface area contributed by atoms with E-state index >= 15 is 0 Å². The zero-order valence-corrected chi connectivity index (χ0v) is 10.1. The largest absolute Gasteiger partial charge is 0.504 e. The van der Waals surface area contributed by atoms with Crippen LogP contribution in [0.2, 0.25) is 0 Å². The highest BCUT2D eigenvalue weighted by Gasteiger charge is 2.16. The van der Waals surface area contributed by atoms with Crippen molar-refractivity contribution in [3.63, 3.8) is 0 Å². The van der Waals surface area contributed by atoms with Gasteiger partial charge in [0.25, 0.3) is 0 Å². The van der Waals surface area contributed by atoms with Crippen LogP contribution in [0.4, 0.5) is 0 Å². The van der Waals surface area contributed by atoms with Gasteiger partial charge in [0.2, 0.25) is 0 Å². The molecule has 3 heteroatoms. The zero-order chi connectivity index (χ0) is 11.5. The summed E-state index contributed by atoms with van der Waals surface area (Å²) in [5.41, 5.74) is 1.03. The average molecular weight is 229 g/mol. The number of para-hydroxylation sites is 1. The molecule has 1 aromatic carbocycles. The van der Waals surface area contributed by atoms with Crippen LogP contribution < -0.4 is 4.74 Å². The summed E-state index contributed by atoms with van der Waals surface area (Å²) in [6.07, 6.45) is 0.804. The summed E-state index contributed by atoms with van der Waals surface area (Å²) in [5, 5.41) is 9.90. The van der Waals surface area contributed by atoms with Crippen molar-refractivity contribution in [2.45, 2.75) is 27.2 Å². The normalized spacial score (nSPS) is 11.5. The van der Waals surface area contributed by atoms with Gasteiger partial charge in [0.1, 0.15) is 0 Å². The quantitative estimate of drug-likeness (QED) is 0.802. The second-order valence-corrected chi connectivity index (χ2v) is 4.97. The molecule has 15 heavy (non-hydrogen) atoms. The van der Waals surface area contributed by atoms with Crippen LogP contribution in [0.5, 0.6) is 11.5 Å². The maximum absolute atomic E-state index is 9.90. The van der Waals surface area contributed by atoms with Crippen molar-refractivity contribution in [2.24, 2.45) is 5.41 Å². The van der Waals surface area contributed by atoms with E-state index in [1.807, 2.05) is 12.1 Å². The fraction of sp³-hybridized carbons (Fsp3) is 0.500. The third-order valence-electron chi connectivity index (χ3n) is 2.01. The molecule has 0 unspecified atom stereocenters. The lowest BCUT2D eigenvalue weighted by Crippen LogP contribution is -2.09. The van der Waals surface area contributed by atoms with E-state index in [4.69, 9.17) is 16.3 Å². The molecule has 0 aromatic heterocycles. The first kappa shape index (κ1) is 12.2. The Kier molecular flexibility index (Phi) is 3.86. The van der Waals surface area contributed by atoms with Gasteiger partial charge in [-0.05, 0) is 23.5 Å². The molecular weight excluding hydrogens is 212 g/mol. The summed E-state index contributed by atoms with van der Waals surface area (Å²) < 4.78 is 5.11. The molecule has 84 valence electrons. The van der Waals surface area contributed by atoms with Crippen LogP contribution in [0.25, 0.3) is 0 Å². The summed E-state index contributed by atoms with van der Waals surface area (Å²) in [6, 6.07) is 5.53. The molecule has 0 aliphatic carbocycles. The lowest BCUT2D eigenvalue weighted by atomic mass is 9.88. The van der Waals surface area contributed by atoms with Crippen molar-refractivity contribution in [3.8, 4) is 11.5 Å². The van der Waals surface area contributed by atoms with Gasteiger partial charge in [-0.2, -0.15) is 0 Å². The minimum Gasteiger partial charge on any atom is -0.504 e. The van der Waals surface area contributed by atoms with Gasteiger partial charge in [-0.25, -0.2) is 0 Å². The lowest BCUT2D eigenvalue weighted by Gasteiger charge is -2.19.